The molecule has 2 aromatic heterocycles. The average molecular weight is 368 g/mol. The van der Waals surface area contributed by atoms with Crippen LogP contribution in [0.4, 0.5) is 0 Å². The van der Waals surface area contributed by atoms with Gasteiger partial charge in [0.05, 0.1) is 23.4 Å². The number of aromatic nitrogens is 3. The highest BCUT2D eigenvalue weighted by Gasteiger charge is 2.42. The zero-order valence-electron chi connectivity index (χ0n) is 15.2. The molecule has 4 rings (SSSR count). The lowest BCUT2D eigenvalue weighted by atomic mass is 9.85. The summed E-state index contributed by atoms with van der Waals surface area (Å²) in [6.07, 6.45) is 8.97. The van der Waals surface area contributed by atoms with E-state index < -0.39 is 11.9 Å². The fraction of sp³-hybridized carbons (Fsp3) is 0.500. The van der Waals surface area contributed by atoms with E-state index in [0.29, 0.717) is 18.0 Å². The Balaban J connectivity index is 1.56. The number of carbonyl (C=O) groups excluding carboxylic acids is 1. The molecule has 2 fully saturated rings. The van der Waals surface area contributed by atoms with E-state index in [-0.39, 0.29) is 18.4 Å². The first-order valence-electron chi connectivity index (χ1n) is 9.61. The van der Waals surface area contributed by atoms with E-state index in [9.17, 15) is 14.7 Å². The van der Waals surface area contributed by atoms with Gasteiger partial charge in [0.15, 0.2) is 0 Å². The van der Waals surface area contributed by atoms with Gasteiger partial charge in [-0.05, 0) is 25.0 Å². The molecule has 1 amide bonds. The van der Waals surface area contributed by atoms with Gasteiger partial charge in [0, 0.05) is 36.8 Å². The largest absolute Gasteiger partial charge is 0.481 e. The number of pyridine rings is 1. The van der Waals surface area contributed by atoms with Crippen LogP contribution in [0.2, 0.25) is 0 Å². The third kappa shape index (κ3) is 3.46. The van der Waals surface area contributed by atoms with E-state index in [1.165, 1.54) is 19.3 Å². The van der Waals surface area contributed by atoms with Gasteiger partial charge >= 0.3 is 5.97 Å². The van der Waals surface area contributed by atoms with Gasteiger partial charge in [-0.15, -0.1) is 0 Å². The van der Waals surface area contributed by atoms with Gasteiger partial charge in [0.25, 0.3) is 5.91 Å². The maximum absolute atomic E-state index is 13.2. The molecule has 2 aliphatic rings. The zero-order chi connectivity index (χ0) is 18.8. The van der Waals surface area contributed by atoms with Crippen molar-refractivity contribution in [2.24, 2.45) is 5.92 Å². The molecule has 0 aromatic carbocycles. The third-order valence-corrected chi connectivity index (χ3v) is 5.90. The number of nitrogens with one attached hydrogen (secondary N) is 1. The van der Waals surface area contributed by atoms with Gasteiger partial charge in [-0.3, -0.25) is 19.7 Å². The number of likely N-dealkylation sites (tertiary alicyclic amines) is 1. The molecule has 1 saturated heterocycles. The molecule has 0 bridgehead atoms. The second kappa shape index (κ2) is 7.50. The Morgan fingerprint density at radius 3 is 2.67 bits per heavy atom. The second-order valence-electron chi connectivity index (χ2n) is 7.55. The summed E-state index contributed by atoms with van der Waals surface area (Å²) in [5.74, 6) is -1.62. The molecule has 7 heteroatoms. The van der Waals surface area contributed by atoms with Crippen molar-refractivity contribution < 1.29 is 14.7 Å². The maximum atomic E-state index is 13.2. The third-order valence-electron chi connectivity index (χ3n) is 5.90. The lowest BCUT2D eigenvalue weighted by molar-refractivity contribution is -0.141. The minimum atomic E-state index is -0.888. The van der Waals surface area contributed by atoms with Crippen LogP contribution in [-0.4, -0.2) is 50.2 Å². The molecule has 2 atom stereocenters. The molecule has 142 valence electrons. The highest BCUT2D eigenvalue weighted by molar-refractivity contribution is 5.96. The van der Waals surface area contributed by atoms with Crippen molar-refractivity contribution in [3.8, 4) is 0 Å². The van der Waals surface area contributed by atoms with Crippen molar-refractivity contribution in [3.05, 3.63) is 47.5 Å². The number of hydrogen-bond donors (Lipinski definition) is 2. The Kier molecular flexibility index (Phi) is 4.92. The van der Waals surface area contributed by atoms with Crippen LogP contribution < -0.4 is 0 Å². The first-order chi connectivity index (χ1) is 13.1. The van der Waals surface area contributed by atoms with Crippen molar-refractivity contribution in [1.29, 1.82) is 0 Å². The number of aromatic amines is 1. The van der Waals surface area contributed by atoms with Gasteiger partial charge in [0.1, 0.15) is 0 Å². The minimum Gasteiger partial charge on any atom is -0.481 e. The van der Waals surface area contributed by atoms with Gasteiger partial charge < -0.3 is 10.0 Å². The van der Waals surface area contributed by atoms with Crippen molar-refractivity contribution in [2.75, 3.05) is 13.1 Å². The van der Waals surface area contributed by atoms with E-state index in [2.05, 4.69) is 15.2 Å². The van der Waals surface area contributed by atoms with Crippen molar-refractivity contribution in [2.45, 2.75) is 43.9 Å². The van der Waals surface area contributed by atoms with Crippen molar-refractivity contribution in [3.63, 3.8) is 0 Å². The summed E-state index contributed by atoms with van der Waals surface area (Å²) in [5, 5.41) is 16.8. The molecular formula is C20H24N4O3. The van der Waals surface area contributed by atoms with Gasteiger partial charge in [-0.2, -0.15) is 5.10 Å². The highest BCUT2D eigenvalue weighted by atomic mass is 16.4. The minimum absolute atomic E-state index is 0.131. The van der Waals surface area contributed by atoms with Crippen LogP contribution in [0.3, 0.4) is 0 Å². The van der Waals surface area contributed by atoms with E-state index in [0.717, 1.165) is 24.2 Å². The standard InChI is InChI=1S/C20H24N4O3/c25-19(14-10-22-23-18(14)13-6-2-1-3-7-13)24-11-15(16(12-24)20(26)27)17-8-4-5-9-21-17/h4-5,8-10,13,15-16H,1-3,6-7,11-12H2,(H,22,23)(H,26,27)/t15-,16-/m1/s1. The molecule has 1 saturated carbocycles. The number of H-pyrrole nitrogens is 1. The summed E-state index contributed by atoms with van der Waals surface area (Å²) in [6.45, 7) is 0.562. The van der Waals surface area contributed by atoms with Crippen LogP contribution in [0.25, 0.3) is 0 Å². The normalized spacial score (nSPS) is 23.5. The molecule has 1 aliphatic heterocycles. The van der Waals surface area contributed by atoms with E-state index in [4.69, 9.17) is 0 Å². The number of amides is 1. The number of carbonyl (C=O) groups is 2. The molecule has 0 unspecified atom stereocenters. The molecule has 7 nitrogen and oxygen atoms in total. The topological polar surface area (TPSA) is 99.2 Å². The summed E-state index contributed by atoms with van der Waals surface area (Å²) < 4.78 is 0. The monoisotopic (exact) mass is 368 g/mol. The molecule has 3 heterocycles. The summed E-state index contributed by atoms with van der Waals surface area (Å²) in [4.78, 5) is 30.9. The SMILES string of the molecule is O=C(O)[C@@H]1CN(C(=O)c2cn[nH]c2C2CCCCC2)C[C@H]1c1ccccn1. The predicted molar refractivity (Wildman–Crippen MR) is 98.4 cm³/mol. The quantitative estimate of drug-likeness (QED) is 0.864. The van der Waals surface area contributed by atoms with Crippen LogP contribution >= 0.6 is 0 Å². The lowest BCUT2D eigenvalue weighted by Crippen LogP contribution is -2.30. The van der Waals surface area contributed by atoms with Gasteiger partial charge in [-0.1, -0.05) is 25.3 Å². The summed E-state index contributed by atoms with van der Waals surface area (Å²) in [7, 11) is 0. The van der Waals surface area contributed by atoms with Gasteiger partial charge in [0.2, 0.25) is 0 Å². The molecule has 2 aromatic rings. The Hall–Kier alpha value is -2.70. The molecule has 1 aliphatic carbocycles. The first kappa shape index (κ1) is 17.7. The van der Waals surface area contributed by atoms with Crippen LogP contribution in [0.15, 0.2) is 30.6 Å². The van der Waals surface area contributed by atoms with E-state index in [1.807, 2.05) is 12.1 Å². The number of carboxylic acid groups (broad SMARTS) is 1. The second-order valence-corrected chi connectivity index (χ2v) is 7.55. The Morgan fingerprint density at radius 1 is 1.15 bits per heavy atom. The Labute approximate surface area is 157 Å². The van der Waals surface area contributed by atoms with Crippen LogP contribution in [0.5, 0.6) is 0 Å². The highest BCUT2D eigenvalue weighted by Crippen LogP contribution is 2.36. The smallest absolute Gasteiger partial charge is 0.309 e. The van der Waals surface area contributed by atoms with Crippen molar-refractivity contribution >= 4 is 11.9 Å². The summed E-state index contributed by atoms with van der Waals surface area (Å²) in [6, 6.07) is 5.49. The molecule has 0 spiro atoms. The molecule has 27 heavy (non-hydrogen) atoms. The van der Waals surface area contributed by atoms with Crippen LogP contribution in [-0.2, 0) is 4.79 Å². The number of rotatable bonds is 4. The maximum Gasteiger partial charge on any atom is 0.309 e. The van der Waals surface area contributed by atoms with Crippen LogP contribution in [0.1, 0.15) is 65.7 Å². The van der Waals surface area contributed by atoms with Crippen molar-refractivity contribution in [1.82, 2.24) is 20.1 Å². The first-order valence-corrected chi connectivity index (χ1v) is 9.61. The molecule has 0 radical (unpaired) electrons. The van der Waals surface area contributed by atoms with E-state index >= 15 is 0 Å². The lowest BCUT2D eigenvalue weighted by Gasteiger charge is -2.23. The molecule has 2 N–H and O–H groups in total. The van der Waals surface area contributed by atoms with Crippen LogP contribution in [0, 0.1) is 5.92 Å². The summed E-state index contributed by atoms with van der Waals surface area (Å²) >= 11 is 0. The molecular weight excluding hydrogens is 344 g/mol. The fourth-order valence-electron chi connectivity index (χ4n) is 4.45. The Morgan fingerprint density at radius 2 is 1.96 bits per heavy atom. The van der Waals surface area contributed by atoms with Gasteiger partial charge in [-0.25, -0.2) is 0 Å². The predicted octanol–water partition coefficient (Wildman–Crippen LogP) is 2.79. The average Bonchev–Trinajstić information content (AvgIpc) is 3.36. The van der Waals surface area contributed by atoms with E-state index in [1.54, 1.807) is 23.4 Å². The zero-order valence-corrected chi connectivity index (χ0v) is 15.2. The Bertz CT molecular complexity index is 814. The number of aliphatic carboxylic acids is 1. The summed E-state index contributed by atoms with van der Waals surface area (Å²) in [5.41, 5.74) is 2.22. The fourth-order valence-corrected chi connectivity index (χ4v) is 4.45. The number of carboxylic acids is 1. The number of hydrogen-bond acceptors (Lipinski definition) is 4. The number of nitrogens with zero attached hydrogens (tertiary/aromatic N) is 3.